The summed E-state index contributed by atoms with van der Waals surface area (Å²) in [7, 11) is 0. The zero-order chi connectivity index (χ0) is 25.8. The summed E-state index contributed by atoms with van der Waals surface area (Å²) in [5.41, 5.74) is 2.89. The van der Waals surface area contributed by atoms with E-state index in [9.17, 15) is 29.4 Å². The van der Waals surface area contributed by atoms with Crippen molar-refractivity contribution in [3.05, 3.63) is 84.0 Å². The van der Waals surface area contributed by atoms with Gasteiger partial charge in [0.15, 0.2) is 0 Å². The summed E-state index contributed by atoms with van der Waals surface area (Å²) in [4.78, 5) is 53.8. The zero-order valence-corrected chi connectivity index (χ0v) is 19.9. The molecule has 0 unspecified atom stereocenters. The predicted molar refractivity (Wildman–Crippen MR) is 134 cm³/mol. The number of imide groups is 2. The summed E-state index contributed by atoms with van der Waals surface area (Å²) < 4.78 is 0. The molecule has 8 heteroatoms. The van der Waals surface area contributed by atoms with Gasteiger partial charge >= 0.3 is 0 Å². The fraction of sp³-hybridized carbons (Fsp3) is 0.310. The highest BCUT2D eigenvalue weighted by Gasteiger charge is 2.52. The van der Waals surface area contributed by atoms with Gasteiger partial charge in [-0.3, -0.25) is 19.2 Å². The number of hydrogen-bond donors (Lipinski definition) is 2. The van der Waals surface area contributed by atoms with E-state index in [2.05, 4.69) is 0 Å². The fourth-order valence-electron chi connectivity index (χ4n) is 6.00. The van der Waals surface area contributed by atoms with E-state index >= 15 is 0 Å². The Kier molecular flexibility index (Phi) is 5.66. The predicted octanol–water partition coefficient (Wildman–Crippen LogP) is 2.13. The van der Waals surface area contributed by atoms with Crippen LogP contribution in [0.1, 0.15) is 24.0 Å². The van der Waals surface area contributed by atoms with Crippen LogP contribution in [0.25, 0.3) is 0 Å². The van der Waals surface area contributed by atoms with Gasteiger partial charge in [0.25, 0.3) is 0 Å². The van der Waals surface area contributed by atoms with E-state index in [0.29, 0.717) is 30.6 Å². The topological polar surface area (TPSA) is 115 Å². The van der Waals surface area contributed by atoms with Crippen LogP contribution in [0, 0.1) is 23.7 Å². The van der Waals surface area contributed by atoms with Crippen LogP contribution in [0.4, 0.5) is 11.4 Å². The van der Waals surface area contributed by atoms with Crippen molar-refractivity contribution in [3.8, 4) is 0 Å². The molecular formula is C29H26N2O6. The molecule has 2 heterocycles. The van der Waals surface area contributed by atoms with Gasteiger partial charge in [-0.05, 0) is 54.7 Å². The summed E-state index contributed by atoms with van der Waals surface area (Å²) in [6.07, 6.45) is 6.23. The number of fused-ring (bicyclic) bond motifs is 2. The van der Waals surface area contributed by atoms with Crippen LogP contribution in [0.3, 0.4) is 0 Å². The van der Waals surface area contributed by atoms with Gasteiger partial charge in [0, 0.05) is 0 Å². The SMILES string of the molecule is O=C1[C@H]2[C@@H](O)C=CC[C@H]2C(=O)N1c1ccc(Cc2ccc(N3C(=O)[C@H]4[C@@H](O)C=CC[C@H]4C3=O)cc2)cc1. The summed E-state index contributed by atoms with van der Waals surface area (Å²) in [6.45, 7) is 0. The molecule has 2 fully saturated rings. The zero-order valence-electron chi connectivity index (χ0n) is 19.9. The van der Waals surface area contributed by atoms with Crippen molar-refractivity contribution in [1.82, 2.24) is 0 Å². The molecule has 6 rings (SSSR count). The second-order valence-electron chi connectivity index (χ2n) is 10.1. The summed E-state index contributed by atoms with van der Waals surface area (Å²) >= 11 is 0. The van der Waals surface area contributed by atoms with Crippen LogP contribution in [-0.4, -0.2) is 46.0 Å². The first-order chi connectivity index (χ1) is 17.8. The maximum atomic E-state index is 12.9. The average molecular weight is 499 g/mol. The number of nitrogens with zero attached hydrogens (tertiary/aromatic N) is 2. The number of aliphatic hydroxyl groups excluding tert-OH is 2. The quantitative estimate of drug-likeness (QED) is 0.493. The lowest BCUT2D eigenvalue weighted by Gasteiger charge is -2.21. The van der Waals surface area contributed by atoms with Crippen molar-refractivity contribution in [2.75, 3.05) is 9.80 Å². The van der Waals surface area contributed by atoms with Crippen molar-refractivity contribution in [3.63, 3.8) is 0 Å². The van der Waals surface area contributed by atoms with E-state index < -0.39 is 35.9 Å². The largest absolute Gasteiger partial charge is 0.388 e. The molecule has 0 spiro atoms. The van der Waals surface area contributed by atoms with E-state index in [1.54, 1.807) is 48.6 Å². The molecule has 2 saturated heterocycles. The molecule has 188 valence electrons. The second-order valence-corrected chi connectivity index (χ2v) is 10.1. The summed E-state index contributed by atoms with van der Waals surface area (Å²) in [5, 5.41) is 20.4. The number of carbonyl (C=O) groups is 4. The molecule has 2 aliphatic heterocycles. The molecular weight excluding hydrogens is 472 g/mol. The Bertz CT molecular complexity index is 1240. The van der Waals surface area contributed by atoms with Crippen LogP contribution in [0.2, 0.25) is 0 Å². The number of anilines is 2. The molecule has 0 bridgehead atoms. The van der Waals surface area contributed by atoms with Gasteiger partial charge < -0.3 is 10.2 Å². The van der Waals surface area contributed by atoms with Gasteiger partial charge in [-0.25, -0.2) is 9.80 Å². The highest BCUT2D eigenvalue weighted by molar-refractivity contribution is 6.23. The standard InChI is InChI=1S/C29H26N2O6/c32-22-5-1-3-20-24(22)28(36)30(26(20)34)18-11-7-16(8-12-18)15-17-9-13-19(14-10-17)31-27(35)21-4-2-6-23(33)25(21)29(31)37/h1-2,5-14,20-25,32-33H,3-4,15H2/t20-,21-,22+,23+,24-,25-/m1/s1. The number of amides is 4. The van der Waals surface area contributed by atoms with Gasteiger partial charge in [0.05, 0.1) is 47.3 Å². The lowest BCUT2D eigenvalue weighted by Crippen LogP contribution is -2.33. The Labute approximate surface area is 213 Å². The van der Waals surface area contributed by atoms with E-state index in [1.807, 2.05) is 24.3 Å². The highest BCUT2D eigenvalue weighted by Crippen LogP contribution is 2.39. The van der Waals surface area contributed by atoms with Crippen molar-refractivity contribution >= 4 is 35.0 Å². The number of carbonyl (C=O) groups excluding carboxylic acids is 4. The number of hydrogen-bond acceptors (Lipinski definition) is 6. The van der Waals surface area contributed by atoms with E-state index in [0.717, 1.165) is 11.1 Å². The van der Waals surface area contributed by atoms with E-state index in [-0.39, 0.29) is 23.6 Å². The van der Waals surface area contributed by atoms with Crippen molar-refractivity contribution in [2.45, 2.75) is 31.5 Å². The molecule has 2 aromatic carbocycles. The lowest BCUT2D eigenvalue weighted by molar-refractivity contribution is -0.124. The average Bonchev–Trinajstić information content (AvgIpc) is 3.31. The molecule has 6 atom stereocenters. The second kappa shape index (κ2) is 8.90. The first-order valence-electron chi connectivity index (χ1n) is 12.5. The van der Waals surface area contributed by atoms with Crippen LogP contribution >= 0.6 is 0 Å². The van der Waals surface area contributed by atoms with Gasteiger partial charge in [-0.2, -0.15) is 0 Å². The Hall–Kier alpha value is -3.88. The highest BCUT2D eigenvalue weighted by atomic mass is 16.3. The number of aliphatic hydroxyl groups is 2. The van der Waals surface area contributed by atoms with E-state index in [4.69, 9.17) is 0 Å². The first-order valence-corrected chi connectivity index (χ1v) is 12.5. The van der Waals surface area contributed by atoms with Crippen LogP contribution in [-0.2, 0) is 25.6 Å². The van der Waals surface area contributed by atoms with Crippen LogP contribution in [0.5, 0.6) is 0 Å². The molecule has 0 saturated carbocycles. The van der Waals surface area contributed by atoms with Crippen molar-refractivity contribution in [2.24, 2.45) is 23.7 Å². The minimum Gasteiger partial charge on any atom is -0.388 e. The van der Waals surface area contributed by atoms with Gasteiger partial charge in [0.2, 0.25) is 23.6 Å². The Morgan fingerprint density at radius 2 is 0.973 bits per heavy atom. The molecule has 4 aliphatic rings. The Balaban J connectivity index is 1.15. The smallest absolute Gasteiger partial charge is 0.240 e. The monoisotopic (exact) mass is 498 g/mol. The van der Waals surface area contributed by atoms with Gasteiger partial charge in [0.1, 0.15) is 0 Å². The normalized spacial score (nSPS) is 30.8. The molecule has 0 radical (unpaired) electrons. The fourth-order valence-corrected chi connectivity index (χ4v) is 6.00. The Morgan fingerprint density at radius 3 is 1.32 bits per heavy atom. The third kappa shape index (κ3) is 3.75. The molecule has 2 N–H and O–H groups in total. The minimum absolute atomic E-state index is 0.282. The molecule has 8 nitrogen and oxygen atoms in total. The van der Waals surface area contributed by atoms with Gasteiger partial charge in [-0.1, -0.05) is 48.6 Å². The molecule has 4 amide bonds. The number of benzene rings is 2. The third-order valence-electron chi connectivity index (χ3n) is 7.93. The van der Waals surface area contributed by atoms with Gasteiger partial charge in [-0.15, -0.1) is 0 Å². The minimum atomic E-state index is -0.945. The number of rotatable bonds is 4. The maximum Gasteiger partial charge on any atom is 0.240 e. The third-order valence-corrected chi connectivity index (χ3v) is 7.93. The lowest BCUT2D eigenvalue weighted by atomic mass is 9.83. The number of allylic oxidation sites excluding steroid dienone is 2. The van der Waals surface area contributed by atoms with Crippen molar-refractivity contribution < 1.29 is 29.4 Å². The Morgan fingerprint density at radius 1 is 0.595 bits per heavy atom. The van der Waals surface area contributed by atoms with E-state index in [1.165, 1.54) is 9.80 Å². The summed E-state index contributed by atoms with van der Waals surface area (Å²) in [5.74, 6) is -3.81. The molecule has 37 heavy (non-hydrogen) atoms. The van der Waals surface area contributed by atoms with Crippen LogP contribution in [0.15, 0.2) is 72.8 Å². The summed E-state index contributed by atoms with van der Waals surface area (Å²) in [6, 6.07) is 14.4. The van der Waals surface area contributed by atoms with Crippen molar-refractivity contribution in [1.29, 1.82) is 0 Å². The van der Waals surface area contributed by atoms with Crippen LogP contribution < -0.4 is 9.80 Å². The maximum absolute atomic E-state index is 12.9. The molecule has 0 aromatic heterocycles. The molecule has 2 aliphatic carbocycles. The molecule has 2 aromatic rings. The first kappa shape index (κ1) is 23.5.